The molecule has 3 rings (SSSR count). The van der Waals surface area contributed by atoms with Gasteiger partial charge in [-0.2, -0.15) is 0 Å². The summed E-state index contributed by atoms with van der Waals surface area (Å²) >= 11 is 1.69. The minimum Gasteiger partial charge on any atom is -0.241 e. The van der Waals surface area contributed by atoms with E-state index in [0.717, 1.165) is 11.3 Å². The molecule has 0 amide bonds. The van der Waals surface area contributed by atoms with Crippen LogP contribution in [0.1, 0.15) is 29.3 Å². The van der Waals surface area contributed by atoms with Crippen LogP contribution in [0.5, 0.6) is 0 Å². The van der Waals surface area contributed by atoms with Gasteiger partial charge in [0.2, 0.25) is 0 Å². The summed E-state index contributed by atoms with van der Waals surface area (Å²) in [6, 6.07) is 5.31. The summed E-state index contributed by atoms with van der Waals surface area (Å²) in [5, 5.41) is 3.23. The van der Waals surface area contributed by atoms with Gasteiger partial charge in [-0.3, -0.25) is 0 Å². The minimum absolute atomic E-state index is 0.154. The first-order valence-electron chi connectivity index (χ1n) is 5.46. The zero-order chi connectivity index (χ0) is 11.1. The molecular weight excluding hydrogens is 221 g/mol. The molecule has 1 heterocycles. The summed E-state index contributed by atoms with van der Waals surface area (Å²) in [6.45, 7) is 1.77. The quantitative estimate of drug-likeness (QED) is 0.759. The number of aryl methyl sites for hydroxylation is 1. The van der Waals surface area contributed by atoms with Crippen molar-refractivity contribution in [1.29, 1.82) is 0 Å². The fourth-order valence-electron chi connectivity index (χ4n) is 1.69. The second kappa shape index (κ2) is 3.67. The lowest BCUT2D eigenvalue weighted by atomic mass is 10.1. The number of benzene rings is 1. The molecule has 0 bridgehead atoms. The number of halogens is 1. The van der Waals surface area contributed by atoms with Crippen molar-refractivity contribution in [3.63, 3.8) is 0 Å². The average Bonchev–Trinajstić information content (AvgIpc) is 3.01. The van der Waals surface area contributed by atoms with E-state index in [0.29, 0.717) is 11.5 Å². The van der Waals surface area contributed by atoms with Crippen molar-refractivity contribution in [3.8, 4) is 11.3 Å². The smallest absolute Gasteiger partial charge is 0.126 e. The topological polar surface area (TPSA) is 12.9 Å². The van der Waals surface area contributed by atoms with E-state index in [1.807, 2.05) is 11.4 Å². The van der Waals surface area contributed by atoms with Crippen molar-refractivity contribution in [2.45, 2.75) is 25.7 Å². The van der Waals surface area contributed by atoms with Gasteiger partial charge in [0, 0.05) is 16.9 Å². The van der Waals surface area contributed by atoms with Crippen molar-refractivity contribution in [2.75, 3.05) is 0 Å². The van der Waals surface area contributed by atoms with Gasteiger partial charge < -0.3 is 0 Å². The molecule has 0 saturated heterocycles. The van der Waals surface area contributed by atoms with Crippen LogP contribution in [0.3, 0.4) is 0 Å². The van der Waals surface area contributed by atoms with E-state index in [1.54, 1.807) is 30.4 Å². The number of hydrogen-bond donors (Lipinski definition) is 0. The van der Waals surface area contributed by atoms with Crippen LogP contribution in [0.25, 0.3) is 11.3 Å². The summed E-state index contributed by atoms with van der Waals surface area (Å²) in [4.78, 5) is 4.57. The highest BCUT2D eigenvalue weighted by Gasteiger charge is 2.26. The zero-order valence-electron chi connectivity index (χ0n) is 9.03. The zero-order valence-corrected chi connectivity index (χ0v) is 9.85. The normalized spacial score (nSPS) is 15.4. The maximum atomic E-state index is 13.4. The summed E-state index contributed by atoms with van der Waals surface area (Å²) in [6.07, 6.45) is 2.52. The largest absolute Gasteiger partial charge is 0.241 e. The third-order valence-corrected chi connectivity index (χ3v) is 3.92. The first kappa shape index (κ1) is 9.97. The molecule has 1 saturated carbocycles. The molecule has 0 unspecified atom stereocenters. The second-order valence-corrected chi connectivity index (χ2v) is 5.20. The standard InChI is InChI=1S/C13H12FNS/c1-8-2-3-10(6-11(8)14)12-7-16-13(15-12)9-4-5-9/h2-3,6-7,9H,4-5H2,1H3. The molecule has 0 atom stereocenters. The second-order valence-electron chi connectivity index (χ2n) is 4.31. The lowest BCUT2D eigenvalue weighted by Gasteiger charge is -1.99. The molecule has 0 aliphatic heterocycles. The highest BCUT2D eigenvalue weighted by molar-refractivity contribution is 7.10. The van der Waals surface area contributed by atoms with E-state index in [4.69, 9.17) is 0 Å². The Bertz CT molecular complexity index is 528. The summed E-state index contributed by atoms with van der Waals surface area (Å²) in [5.41, 5.74) is 2.47. The lowest BCUT2D eigenvalue weighted by molar-refractivity contribution is 0.619. The Balaban J connectivity index is 1.97. The van der Waals surface area contributed by atoms with E-state index in [-0.39, 0.29) is 5.82 Å². The van der Waals surface area contributed by atoms with Crippen LogP contribution in [-0.2, 0) is 0 Å². The van der Waals surface area contributed by atoms with Crippen molar-refractivity contribution in [3.05, 3.63) is 40.0 Å². The summed E-state index contributed by atoms with van der Waals surface area (Å²) in [7, 11) is 0. The van der Waals surface area contributed by atoms with Crippen molar-refractivity contribution < 1.29 is 4.39 Å². The molecule has 1 aromatic heterocycles. The Morgan fingerprint density at radius 2 is 2.19 bits per heavy atom. The van der Waals surface area contributed by atoms with Crippen molar-refractivity contribution >= 4 is 11.3 Å². The van der Waals surface area contributed by atoms with Crippen LogP contribution in [0.4, 0.5) is 4.39 Å². The number of hydrogen-bond acceptors (Lipinski definition) is 2. The fraction of sp³-hybridized carbons (Fsp3) is 0.308. The summed E-state index contributed by atoms with van der Waals surface area (Å²) in [5.74, 6) is 0.521. The molecule has 16 heavy (non-hydrogen) atoms. The molecule has 1 aliphatic rings. The van der Waals surface area contributed by atoms with Gasteiger partial charge in [0.15, 0.2) is 0 Å². The third-order valence-electron chi connectivity index (χ3n) is 2.92. The first-order valence-corrected chi connectivity index (χ1v) is 6.34. The van der Waals surface area contributed by atoms with E-state index >= 15 is 0 Å². The van der Waals surface area contributed by atoms with Crippen LogP contribution < -0.4 is 0 Å². The van der Waals surface area contributed by atoms with E-state index in [9.17, 15) is 4.39 Å². The lowest BCUT2D eigenvalue weighted by Crippen LogP contribution is -1.85. The van der Waals surface area contributed by atoms with E-state index in [2.05, 4.69) is 4.98 Å². The highest BCUT2D eigenvalue weighted by atomic mass is 32.1. The molecule has 0 spiro atoms. The van der Waals surface area contributed by atoms with Crippen LogP contribution in [0, 0.1) is 12.7 Å². The number of nitrogens with zero attached hydrogens (tertiary/aromatic N) is 1. The fourth-order valence-corrected chi connectivity index (χ4v) is 2.69. The Morgan fingerprint density at radius 3 is 2.88 bits per heavy atom. The minimum atomic E-state index is -0.154. The molecule has 1 aromatic carbocycles. The van der Waals surface area contributed by atoms with Crippen LogP contribution >= 0.6 is 11.3 Å². The Hall–Kier alpha value is -1.22. The van der Waals surface area contributed by atoms with E-state index in [1.165, 1.54) is 17.8 Å². The van der Waals surface area contributed by atoms with Gasteiger partial charge in [0.25, 0.3) is 0 Å². The molecule has 1 nitrogen and oxygen atoms in total. The SMILES string of the molecule is Cc1ccc(-c2csc(C3CC3)n2)cc1F. The molecule has 2 aromatic rings. The molecular formula is C13H12FNS. The number of thiazole rings is 1. The van der Waals surface area contributed by atoms with Gasteiger partial charge in [-0.15, -0.1) is 11.3 Å². The average molecular weight is 233 g/mol. The predicted molar refractivity (Wildman–Crippen MR) is 64.2 cm³/mol. The first-order chi connectivity index (χ1) is 7.74. The molecule has 82 valence electrons. The predicted octanol–water partition coefficient (Wildman–Crippen LogP) is 4.14. The Labute approximate surface area is 98.0 Å². The van der Waals surface area contributed by atoms with E-state index < -0.39 is 0 Å². The summed E-state index contributed by atoms with van der Waals surface area (Å²) < 4.78 is 13.4. The van der Waals surface area contributed by atoms with Gasteiger partial charge in [-0.05, 0) is 31.4 Å². The van der Waals surface area contributed by atoms with Gasteiger partial charge in [0.05, 0.1) is 10.7 Å². The maximum Gasteiger partial charge on any atom is 0.126 e. The monoisotopic (exact) mass is 233 g/mol. The van der Waals surface area contributed by atoms with Gasteiger partial charge in [-0.25, -0.2) is 9.37 Å². The van der Waals surface area contributed by atoms with Gasteiger partial charge in [0.1, 0.15) is 5.82 Å². The molecule has 0 N–H and O–H groups in total. The molecule has 1 fully saturated rings. The van der Waals surface area contributed by atoms with Crippen molar-refractivity contribution in [2.24, 2.45) is 0 Å². The Kier molecular flexibility index (Phi) is 2.28. The number of aromatic nitrogens is 1. The van der Waals surface area contributed by atoms with Gasteiger partial charge >= 0.3 is 0 Å². The highest BCUT2D eigenvalue weighted by Crippen LogP contribution is 2.42. The van der Waals surface area contributed by atoms with Crippen LogP contribution in [-0.4, -0.2) is 4.98 Å². The molecule has 1 aliphatic carbocycles. The number of rotatable bonds is 2. The van der Waals surface area contributed by atoms with Crippen LogP contribution in [0.15, 0.2) is 23.6 Å². The molecule has 3 heteroatoms. The Morgan fingerprint density at radius 1 is 1.38 bits per heavy atom. The van der Waals surface area contributed by atoms with Crippen LogP contribution in [0.2, 0.25) is 0 Å². The van der Waals surface area contributed by atoms with Gasteiger partial charge in [-0.1, -0.05) is 12.1 Å². The third kappa shape index (κ3) is 1.76. The molecule has 0 radical (unpaired) electrons. The maximum absolute atomic E-state index is 13.4. The van der Waals surface area contributed by atoms with Crippen molar-refractivity contribution in [1.82, 2.24) is 4.98 Å².